The van der Waals surface area contributed by atoms with Crippen LogP contribution in [0.15, 0.2) is 64.6 Å². The monoisotopic (exact) mass is 471 g/mol. The van der Waals surface area contributed by atoms with E-state index in [0.29, 0.717) is 22.8 Å². The SMILES string of the molecule is COc1ccc(/C=N/NC(=O)CN(C)S(=O)(=O)c2ccc3ccccc3c2)c(OC)c1OC. The zero-order valence-electron chi connectivity index (χ0n) is 18.7. The highest BCUT2D eigenvalue weighted by atomic mass is 32.2. The summed E-state index contributed by atoms with van der Waals surface area (Å²) in [7, 11) is 1.94. The number of nitrogens with zero attached hydrogens (tertiary/aromatic N) is 2. The number of likely N-dealkylation sites (N-methyl/N-ethyl adjacent to an activating group) is 1. The van der Waals surface area contributed by atoms with Crippen molar-refractivity contribution in [2.75, 3.05) is 34.9 Å². The Hall–Kier alpha value is -3.63. The van der Waals surface area contributed by atoms with Gasteiger partial charge in [0.1, 0.15) is 0 Å². The molecule has 0 unspecified atom stereocenters. The molecule has 0 atom stereocenters. The molecular weight excluding hydrogens is 446 g/mol. The average molecular weight is 472 g/mol. The molecule has 0 aliphatic rings. The minimum atomic E-state index is -3.86. The number of benzene rings is 3. The van der Waals surface area contributed by atoms with Crippen LogP contribution in [0.5, 0.6) is 17.2 Å². The molecule has 0 heterocycles. The van der Waals surface area contributed by atoms with E-state index in [1.165, 1.54) is 40.7 Å². The Bertz CT molecular complexity index is 1290. The molecular formula is C23H25N3O6S. The van der Waals surface area contributed by atoms with Gasteiger partial charge in [0, 0.05) is 12.6 Å². The largest absolute Gasteiger partial charge is 0.493 e. The molecule has 0 bridgehead atoms. The second kappa shape index (κ2) is 10.3. The number of hydrogen-bond donors (Lipinski definition) is 1. The van der Waals surface area contributed by atoms with E-state index in [9.17, 15) is 13.2 Å². The fourth-order valence-corrected chi connectivity index (χ4v) is 4.39. The molecule has 9 nitrogen and oxygen atoms in total. The number of fused-ring (bicyclic) bond motifs is 1. The number of rotatable bonds is 9. The van der Waals surface area contributed by atoms with Gasteiger partial charge in [-0.1, -0.05) is 30.3 Å². The summed E-state index contributed by atoms with van der Waals surface area (Å²) in [6.07, 6.45) is 1.37. The molecule has 0 fully saturated rings. The third kappa shape index (κ3) is 5.24. The smallest absolute Gasteiger partial charge is 0.255 e. The number of amides is 1. The number of hydrogen-bond acceptors (Lipinski definition) is 7. The van der Waals surface area contributed by atoms with Crippen LogP contribution < -0.4 is 19.6 Å². The third-order valence-corrected chi connectivity index (χ3v) is 6.72. The highest BCUT2D eigenvalue weighted by Crippen LogP contribution is 2.38. The van der Waals surface area contributed by atoms with Gasteiger partial charge in [0.15, 0.2) is 11.5 Å². The van der Waals surface area contributed by atoms with Gasteiger partial charge in [0.05, 0.1) is 39.0 Å². The van der Waals surface area contributed by atoms with E-state index >= 15 is 0 Å². The molecule has 3 rings (SSSR count). The first kappa shape index (κ1) is 24.0. The van der Waals surface area contributed by atoms with Crippen molar-refractivity contribution < 1.29 is 27.4 Å². The maximum atomic E-state index is 12.9. The number of sulfonamides is 1. The molecule has 0 radical (unpaired) electrons. The van der Waals surface area contributed by atoms with Crippen molar-refractivity contribution in [1.82, 2.24) is 9.73 Å². The van der Waals surface area contributed by atoms with Crippen LogP contribution in [0.1, 0.15) is 5.56 Å². The Morgan fingerprint density at radius 3 is 2.33 bits per heavy atom. The highest BCUT2D eigenvalue weighted by Gasteiger charge is 2.23. The lowest BCUT2D eigenvalue weighted by Crippen LogP contribution is -2.36. The van der Waals surface area contributed by atoms with Crippen molar-refractivity contribution in [3.63, 3.8) is 0 Å². The number of nitrogens with one attached hydrogen (secondary N) is 1. The zero-order valence-corrected chi connectivity index (χ0v) is 19.5. The van der Waals surface area contributed by atoms with Gasteiger partial charge in [0.2, 0.25) is 15.8 Å². The maximum Gasteiger partial charge on any atom is 0.255 e. The topological polar surface area (TPSA) is 107 Å². The van der Waals surface area contributed by atoms with Crippen molar-refractivity contribution in [3.8, 4) is 17.2 Å². The lowest BCUT2D eigenvalue weighted by molar-refractivity contribution is -0.121. The first-order chi connectivity index (χ1) is 15.8. The first-order valence-corrected chi connectivity index (χ1v) is 11.3. The van der Waals surface area contributed by atoms with E-state index in [1.54, 1.807) is 24.3 Å². The molecule has 3 aromatic carbocycles. The number of methoxy groups -OCH3 is 3. The molecule has 33 heavy (non-hydrogen) atoms. The molecule has 1 amide bonds. The van der Waals surface area contributed by atoms with Crippen LogP contribution in [0.4, 0.5) is 0 Å². The number of hydrazone groups is 1. The Labute approximate surface area is 192 Å². The summed E-state index contributed by atoms with van der Waals surface area (Å²) in [5.41, 5.74) is 2.86. The molecule has 174 valence electrons. The first-order valence-electron chi connectivity index (χ1n) is 9.87. The third-order valence-electron chi connectivity index (χ3n) is 4.92. The fourth-order valence-electron chi connectivity index (χ4n) is 3.23. The predicted octanol–water partition coefficient (Wildman–Crippen LogP) is 2.64. The minimum absolute atomic E-state index is 0.107. The van der Waals surface area contributed by atoms with Gasteiger partial charge in [0.25, 0.3) is 5.91 Å². The summed E-state index contributed by atoms with van der Waals surface area (Å²) in [4.78, 5) is 12.4. The van der Waals surface area contributed by atoms with Crippen molar-refractivity contribution in [1.29, 1.82) is 0 Å². The second-order valence-electron chi connectivity index (χ2n) is 6.99. The normalized spacial score (nSPS) is 11.7. The lowest BCUT2D eigenvalue weighted by Gasteiger charge is -2.16. The average Bonchev–Trinajstić information content (AvgIpc) is 2.82. The van der Waals surface area contributed by atoms with Gasteiger partial charge in [-0.05, 0) is 35.0 Å². The van der Waals surface area contributed by atoms with Gasteiger partial charge >= 0.3 is 0 Å². The van der Waals surface area contributed by atoms with E-state index in [4.69, 9.17) is 14.2 Å². The van der Waals surface area contributed by atoms with Crippen molar-refractivity contribution in [2.24, 2.45) is 5.10 Å². The molecule has 0 saturated heterocycles. The van der Waals surface area contributed by atoms with Crippen molar-refractivity contribution in [3.05, 3.63) is 60.2 Å². The van der Waals surface area contributed by atoms with E-state index in [2.05, 4.69) is 10.5 Å². The summed E-state index contributed by atoms with van der Waals surface area (Å²) in [5, 5.41) is 5.63. The van der Waals surface area contributed by atoms with Crippen molar-refractivity contribution in [2.45, 2.75) is 4.90 Å². The Kier molecular flexibility index (Phi) is 7.52. The Morgan fingerprint density at radius 1 is 0.970 bits per heavy atom. The Balaban J connectivity index is 1.69. The minimum Gasteiger partial charge on any atom is -0.493 e. The standard InChI is InChI=1S/C23H25N3O6S/c1-26(33(28,29)19-11-9-16-7-5-6-8-17(16)13-19)15-21(27)25-24-14-18-10-12-20(30-2)23(32-4)22(18)31-3/h5-14H,15H2,1-4H3,(H,25,27)/b24-14+. The van der Waals surface area contributed by atoms with Crippen LogP contribution >= 0.6 is 0 Å². The van der Waals surface area contributed by atoms with Crippen LogP contribution in [0.3, 0.4) is 0 Å². The highest BCUT2D eigenvalue weighted by molar-refractivity contribution is 7.89. The molecule has 0 aliphatic heterocycles. The molecule has 0 aromatic heterocycles. The summed E-state index contributed by atoms with van der Waals surface area (Å²) in [6.45, 7) is -0.407. The fraction of sp³-hybridized carbons (Fsp3) is 0.217. The quantitative estimate of drug-likeness (QED) is 0.380. The molecule has 0 spiro atoms. The maximum absolute atomic E-state index is 12.9. The van der Waals surface area contributed by atoms with Crippen LogP contribution in [-0.2, 0) is 14.8 Å². The molecule has 0 aliphatic carbocycles. The molecule has 0 saturated carbocycles. The summed E-state index contributed by atoms with van der Waals surface area (Å²) in [6, 6.07) is 15.6. The van der Waals surface area contributed by atoms with Crippen LogP contribution in [-0.4, -0.2) is 59.8 Å². The van der Waals surface area contributed by atoms with Gasteiger partial charge in [-0.15, -0.1) is 0 Å². The molecule has 10 heteroatoms. The van der Waals surface area contributed by atoms with Crippen LogP contribution in [0.25, 0.3) is 10.8 Å². The zero-order chi connectivity index (χ0) is 24.0. The molecule has 1 N–H and O–H groups in total. The van der Waals surface area contributed by atoms with E-state index in [-0.39, 0.29) is 4.90 Å². The van der Waals surface area contributed by atoms with Crippen molar-refractivity contribution >= 4 is 32.9 Å². The Morgan fingerprint density at radius 2 is 1.67 bits per heavy atom. The van der Waals surface area contributed by atoms with Gasteiger partial charge < -0.3 is 14.2 Å². The number of carbonyl (C=O) groups is 1. The number of carbonyl (C=O) groups excluding carboxylic acids is 1. The van der Waals surface area contributed by atoms with E-state index < -0.39 is 22.5 Å². The van der Waals surface area contributed by atoms with Gasteiger partial charge in [-0.2, -0.15) is 9.41 Å². The number of ether oxygens (including phenoxy) is 3. The van der Waals surface area contributed by atoms with Crippen LogP contribution in [0, 0.1) is 0 Å². The van der Waals surface area contributed by atoms with E-state index in [1.807, 2.05) is 24.3 Å². The summed E-state index contributed by atoms with van der Waals surface area (Å²) < 4.78 is 42.6. The second-order valence-corrected chi connectivity index (χ2v) is 9.03. The molecule has 3 aromatic rings. The predicted molar refractivity (Wildman–Crippen MR) is 126 cm³/mol. The van der Waals surface area contributed by atoms with Gasteiger partial charge in [-0.3, -0.25) is 4.79 Å². The van der Waals surface area contributed by atoms with Gasteiger partial charge in [-0.25, -0.2) is 13.8 Å². The van der Waals surface area contributed by atoms with Crippen LogP contribution in [0.2, 0.25) is 0 Å². The lowest BCUT2D eigenvalue weighted by atomic mass is 10.1. The van der Waals surface area contributed by atoms with E-state index in [0.717, 1.165) is 15.1 Å². The summed E-state index contributed by atoms with van der Waals surface area (Å²) >= 11 is 0. The summed E-state index contributed by atoms with van der Waals surface area (Å²) in [5.74, 6) is 0.649.